The van der Waals surface area contributed by atoms with Crippen molar-refractivity contribution in [2.75, 3.05) is 25.1 Å². The van der Waals surface area contributed by atoms with Crippen LogP contribution in [0.5, 0.6) is 5.75 Å². The van der Waals surface area contributed by atoms with Gasteiger partial charge in [0.05, 0.1) is 24.8 Å². The Labute approximate surface area is 200 Å². The Morgan fingerprint density at radius 2 is 1.74 bits per heavy atom. The van der Waals surface area contributed by atoms with Crippen LogP contribution in [0.25, 0.3) is 11.1 Å². The number of methoxy groups -OCH3 is 1. The summed E-state index contributed by atoms with van der Waals surface area (Å²) >= 11 is 0. The fourth-order valence-electron chi connectivity index (χ4n) is 3.82. The topological polar surface area (TPSA) is 82.9 Å². The summed E-state index contributed by atoms with van der Waals surface area (Å²) in [6.45, 7) is 12.8. The molecule has 0 bridgehead atoms. The number of aliphatic hydroxyl groups is 1. The van der Waals surface area contributed by atoms with Crippen LogP contribution >= 0.6 is 0 Å². The molecule has 1 aromatic heterocycles. The Bertz CT molecular complexity index is 1020. The van der Waals surface area contributed by atoms with Gasteiger partial charge in [0.1, 0.15) is 0 Å². The first kappa shape index (κ1) is 27.5. The van der Waals surface area contributed by atoms with Gasteiger partial charge in [-0.15, -0.1) is 0 Å². The van der Waals surface area contributed by atoms with Crippen LogP contribution in [0.1, 0.15) is 58.7 Å². The molecule has 0 radical (unpaired) electrons. The summed E-state index contributed by atoms with van der Waals surface area (Å²) in [5.41, 5.74) is 2.08. The maximum absolute atomic E-state index is 15.1. The van der Waals surface area contributed by atoms with E-state index in [1.165, 1.54) is 19.4 Å². The largest absolute Gasteiger partial charge is 0.491 e. The molecule has 3 rings (SSSR count). The number of nitrogens with zero attached hydrogens (tertiary/aromatic N) is 2. The van der Waals surface area contributed by atoms with Gasteiger partial charge in [-0.05, 0) is 58.1 Å². The lowest BCUT2D eigenvalue weighted by molar-refractivity contribution is -0.136. The van der Waals surface area contributed by atoms with Crippen LogP contribution in [0.4, 0.5) is 14.5 Å². The van der Waals surface area contributed by atoms with Crippen LogP contribution in [0, 0.1) is 24.0 Å². The Morgan fingerprint density at radius 3 is 2.24 bits per heavy atom. The molecule has 1 aromatic carbocycles. The van der Waals surface area contributed by atoms with Crippen LogP contribution in [0.15, 0.2) is 18.3 Å². The number of carboxylic acids is 1. The number of piperidine rings is 1. The van der Waals surface area contributed by atoms with Crippen molar-refractivity contribution in [2.45, 2.75) is 66.4 Å². The van der Waals surface area contributed by atoms with Crippen LogP contribution in [0.3, 0.4) is 0 Å². The lowest BCUT2D eigenvalue weighted by Gasteiger charge is -2.40. The van der Waals surface area contributed by atoms with E-state index in [4.69, 9.17) is 9.84 Å². The molecule has 188 valence electrons. The molecular weight excluding hydrogens is 442 g/mol. The molecule has 0 amide bonds. The minimum atomic E-state index is -0.984. The Kier molecular flexibility index (Phi) is 8.64. The first-order valence-corrected chi connectivity index (χ1v) is 11.3. The summed E-state index contributed by atoms with van der Waals surface area (Å²) in [5, 5.41) is 18.0. The highest BCUT2D eigenvalue weighted by atomic mass is 19.1. The summed E-state index contributed by atoms with van der Waals surface area (Å²) in [4.78, 5) is 17.9. The normalized spacial score (nSPS) is 15.4. The van der Waals surface area contributed by atoms with Crippen molar-refractivity contribution >= 4 is 11.7 Å². The Balaban J connectivity index is 0.000000739. The average molecular weight is 479 g/mol. The van der Waals surface area contributed by atoms with Crippen molar-refractivity contribution in [3.8, 4) is 16.9 Å². The van der Waals surface area contributed by atoms with Gasteiger partial charge < -0.3 is 19.8 Å². The highest BCUT2D eigenvalue weighted by Gasteiger charge is 2.30. The number of hydrogen-bond donors (Lipinski definition) is 2. The number of halogens is 2. The van der Waals surface area contributed by atoms with Crippen LogP contribution in [0.2, 0.25) is 0 Å². The first-order chi connectivity index (χ1) is 15.6. The van der Waals surface area contributed by atoms with Crippen LogP contribution in [-0.4, -0.2) is 47.0 Å². The van der Waals surface area contributed by atoms with E-state index in [-0.39, 0.29) is 17.4 Å². The van der Waals surface area contributed by atoms with Gasteiger partial charge in [0.25, 0.3) is 0 Å². The second-order valence-electron chi connectivity index (χ2n) is 10.4. The van der Waals surface area contributed by atoms with Gasteiger partial charge in [0, 0.05) is 41.7 Å². The number of carbonyl (C=O) groups is 1. The van der Waals surface area contributed by atoms with Gasteiger partial charge in [0.15, 0.2) is 17.4 Å². The number of anilines is 1. The average Bonchev–Trinajstić information content (AvgIpc) is 2.69. The molecule has 6 nitrogen and oxygen atoms in total. The third-order valence-electron chi connectivity index (χ3n) is 5.67. The second-order valence-corrected chi connectivity index (χ2v) is 10.4. The van der Waals surface area contributed by atoms with Crippen molar-refractivity contribution in [1.29, 1.82) is 0 Å². The third-order valence-corrected chi connectivity index (χ3v) is 5.67. The van der Waals surface area contributed by atoms with E-state index in [1.54, 1.807) is 27.7 Å². The molecule has 1 aliphatic heterocycles. The number of ether oxygens (including phenoxy) is 1. The summed E-state index contributed by atoms with van der Waals surface area (Å²) in [6.07, 6.45) is 3.17. The van der Waals surface area contributed by atoms with Gasteiger partial charge in [-0.1, -0.05) is 13.8 Å². The molecule has 0 unspecified atom stereocenters. The molecule has 0 aliphatic carbocycles. The number of pyridine rings is 1. The molecule has 0 spiro atoms. The fourth-order valence-corrected chi connectivity index (χ4v) is 3.82. The van der Waals surface area contributed by atoms with Crippen molar-refractivity contribution < 1.29 is 28.5 Å². The maximum atomic E-state index is 15.1. The molecule has 34 heavy (non-hydrogen) atoms. The van der Waals surface area contributed by atoms with Crippen molar-refractivity contribution in [3.05, 3.63) is 41.2 Å². The second kappa shape index (κ2) is 10.7. The number of carboxylic acid groups (broad SMARTS) is 1. The zero-order chi connectivity index (χ0) is 25.8. The summed E-state index contributed by atoms with van der Waals surface area (Å²) in [6, 6.07) is 2.50. The molecule has 0 saturated carbocycles. The van der Waals surface area contributed by atoms with E-state index in [0.717, 1.165) is 32.0 Å². The SMILES string of the molecule is CC(C)(C)O.COc1c(F)ccc(-c2cnc(C)c(CC(=O)O)c2N2CCC(C)(C)CC2)c1F. The lowest BCUT2D eigenvalue weighted by atomic mass is 9.82. The molecule has 1 saturated heterocycles. The molecule has 2 aromatic rings. The number of aromatic nitrogens is 1. The predicted molar refractivity (Wildman–Crippen MR) is 129 cm³/mol. The van der Waals surface area contributed by atoms with Crippen molar-refractivity contribution in [2.24, 2.45) is 5.41 Å². The molecule has 2 N–H and O–H groups in total. The molecule has 0 atom stereocenters. The number of benzene rings is 1. The first-order valence-electron chi connectivity index (χ1n) is 11.3. The van der Waals surface area contributed by atoms with Gasteiger partial charge in [0.2, 0.25) is 0 Å². The minimum Gasteiger partial charge on any atom is -0.491 e. The molecule has 1 aliphatic rings. The Morgan fingerprint density at radius 1 is 1.18 bits per heavy atom. The highest BCUT2D eigenvalue weighted by Crippen LogP contribution is 2.42. The third kappa shape index (κ3) is 7.13. The van der Waals surface area contributed by atoms with E-state index in [2.05, 4.69) is 23.7 Å². The van der Waals surface area contributed by atoms with E-state index in [9.17, 15) is 14.3 Å². The summed E-state index contributed by atoms with van der Waals surface area (Å²) in [7, 11) is 1.21. The minimum absolute atomic E-state index is 0.141. The molecule has 2 heterocycles. The molecule has 1 fully saturated rings. The van der Waals surface area contributed by atoms with Crippen LogP contribution in [-0.2, 0) is 11.2 Å². The lowest BCUT2D eigenvalue weighted by Crippen LogP contribution is -2.38. The number of aryl methyl sites for hydroxylation is 1. The molecular formula is C26H36F2N2O4. The number of rotatable bonds is 5. The van der Waals surface area contributed by atoms with E-state index in [0.29, 0.717) is 22.5 Å². The van der Waals surface area contributed by atoms with E-state index in [1.807, 2.05) is 0 Å². The quantitative estimate of drug-likeness (QED) is 0.601. The summed E-state index contributed by atoms with van der Waals surface area (Å²) < 4.78 is 33.9. The standard InChI is InChI=1S/C22H26F2N2O3.C4H10O/c1-13-15(11-18(27)28)20(26-9-7-22(2,3)8-10-26)16(12-25-13)14-5-6-17(23)21(29-4)19(14)24;1-4(2,3)5/h5-6,12H,7-11H2,1-4H3,(H,27,28);5H,1-3H3. The van der Waals surface area contributed by atoms with Gasteiger partial charge in [-0.3, -0.25) is 9.78 Å². The smallest absolute Gasteiger partial charge is 0.307 e. The zero-order valence-corrected chi connectivity index (χ0v) is 21.1. The maximum Gasteiger partial charge on any atom is 0.307 e. The predicted octanol–water partition coefficient (Wildman–Crippen LogP) is 5.37. The highest BCUT2D eigenvalue weighted by molar-refractivity contribution is 5.85. The summed E-state index contributed by atoms with van der Waals surface area (Å²) in [5.74, 6) is -3.06. The van der Waals surface area contributed by atoms with Gasteiger partial charge >= 0.3 is 5.97 Å². The van der Waals surface area contributed by atoms with E-state index >= 15 is 4.39 Å². The monoisotopic (exact) mass is 478 g/mol. The van der Waals surface area contributed by atoms with Gasteiger partial charge in [-0.2, -0.15) is 0 Å². The number of hydrogen-bond acceptors (Lipinski definition) is 5. The fraction of sp³-hybridized carbons (Fsp3) is 0.538. The van der Waals surface area contributed by atoms with Crippen LogP contribution < -0.4 is 9.64 Å². The van der Waals surface area contributed by atoms with Crippen molar-refractivity contribution in [1.82, 2.24) is 4.98 Å². The van der Waals surface area contributed by atoms with Gasteiger partial charge in [-0.25, -0.2) is 8.78 Å². The Hall–Kier alpha value is -2.74. The molecule has 8 heteroatoms. The number of aliphatic carboxylic acids is 1. The van der Waals surface area contributed by atoms with E-state index < -0.39 is 29.0 Å². The van der Waals surface area contributed by atoms with Crippen molar-refractivity contribution in [3.63, 3.8) is 0 Å². The zero-order valence-electron chi connectivity index (χ0n) is 21.1.